The van der Waals surface area contributed by atoms with Crippen molar-refractivity contribution in [3.63, 3.8) is 0 Å². The molecule has 0 aromatic heterocycles. The molecule has 4 aromatic rings. The van der Waals surface area contributed by atoms with E-state index in [9.17, 15) is 19.5 Å². The van der Waals surface area contributed by atoms with Crippen molar-refractivity contribution in [1.82, 2.24) is 9.80 Å². The molecule has 0 bridgehead atoms. The number of rotatable bonds is 15. The van der Waals surface area contributed by atoms with Gasteiger partial charge >= 0.3 is 0 Å². The first-order chi connectivity index (χ1) is 25.6. The van der Waals surface area contributed by atoms with Crippen molar-refractivity contribution in [1.29, 1.82) is 0 Å². The minimum Gasteiger partial charge on any atom is -0.488 e. The quantitative estimate of drug-likeness (QED) is 0.0789. The number of carbonyl (C=O) groups is 3. The number of carbonyl (C=O) groups excluding carboxylic acids is 3. The van der Waals surface area contributed by atoms with E-state index in [-0.39, 0.29) is 48.8 Å². The minimum absolute atomic E-state index is 0.0243. The molecular weight excluding hydrogens is 667 g/mol. The van der Waals surface area contributed by atoms with Crippen molar-refractivity contribution in [2.24, 2.45) is 5.92 Å². The Morgan fingerprint density at radius 3 is 2.26 bits per heavy atom. The van der Waals surface area contributed by atoms with E-state index in [0.29, 0.717) is 67.1 Å². The summed E-state index contributed by atoms with van der Waals surface area (Å²) in [5.41, 5.74) is 11.8. The molecular formula is C43H53N5O5. The second kappa shape index (κ2) is 19.0. The van der Waals surface area contributed by atoms with E-state index in [2.05, 4.69) is 65.9 Å². The van der Waals surface area contributed by atoms with Gasteiger partial charge in [0.25, 0.3) is 0 Å². The van der Waals surface area contributed by atoms with Gasteiger partial charge in [-0.25, -0.2) is 0 Å². The first-order valence-electron chi connectivity index (χ1n) is 18.6. The Morgan fingerprint density at radius 1 is 0.906 bits per heavy atom. The summed E-state index contributed by atoms with van der Waals surface area (Å²) in [6.07, 6.45) is 2.52. The fourth-order valence-electron chi connectivity index (χ4n) is 6.64. The predicted octanol–water partition coefficient (Wildman–Crippen LogP) is 6.74. The lowest BCUT2D eigenvalue weighted by molar-refractivity contribution is -0.134. The Labute approximate surface area is 313 Å². The molecule has 53 heavy (non-hydrogen) atoms. The van der Waals surface area contributed by atoms with Crippen LogP contribution < -0.4 is 21.1 Å². The van der Waals surface area contributed by atoms with Gasteiger partial charge in [0, 0.05) is 49.6 Å². The van der Waals surface area contributed by atoms with Crippen molar-refractivity contribution < 1.29 is 24.2 Å². The molecule has 3 atom stereocenters. The molecule has 0 radical (unpaired) electrons. The molecule has 5 rings (SSSR count). The zero-order valence-electron chi connectivity index (χ0n) is 31.1. The highest BCUT2D eigenvalue weighted by Gasteiger charge is 2.31. The van der Waals surface area contributed by atoms with E-state index in [1.165, 1.54) is 16.7 Å². The zero-order chi connectivity index (χ0) is 37.7. The van der Waals surface area contributed by atoms with Crippen molar-refractivity contribution in [2.75, 3.05) is 43.1 Å². The summed E-state index contributed by atoms with van der Waals surface area (Å²) in [6, 6.07) is 31.2. The van der Waals surface area contributed by atoms with Crippen LogP contribution in [0, 0.1) is 5.92 Å². The second-order valence-electron chi connectivity index (χ2n) is 14.2. The van der Waals surface area contributed by atoms with Crippen LogP contribution >= 0.6 is 0 Å². The first-order valence-corrected chi connectivity index (χ1v) is 18.6. The number of nitrogens with zero attached hydrogens (tertiary/aromatic N) is 2. The number of nitrogens with two attached hydrogens (primary N) is 1. The SMILES string of the molecule is C[C@@H]1CN([C@H](C)CO)C(=O)Cc2cc(NC(=O)CCCCCC(=O)Nc3ccccc3N)ccc2O[C@@H]1CN(C)Cc1ccc(-c2ccccc2)cc1. The number of hydrogen-bond acceptors (Lipinski definition) is 7. The van der Waals surface area contributed by atoms with Gasteiger partial charge in [-0.3, -0.25) is 19.3 Å². The van der Waals surface area contributed by atoms with E-state index in [0.717, 1.165) is 13.0 Å². The third-order valence-corrected chi connectivity index (χ3v) is 9.75. The van der Waals surface area contributed by atoms with E-state index in [1.54, 1.807) is 17.0 Å². The maximum atomic E-state index is 13.7. The maximum Gasteiger partial charge on any atom is 0.227 e. The Morgan fingerprint density at radius 2 is 1.57 bits per heavy atom. The monoisotopic (exact) mass is 719 g/mol. The van der Waals surface area contributed by atoms with Gasteiger partial charge in [0.1, 0.15) is 11.9 Å². The molecule has 4 aromatic carbocycles. The van der Waals surface area contributed by atoms with Crippen molar-refractivity contribution >= 4 is 34.8 Å². The molecule has 0 aliphatic carbocycles. The van der Waals surface area contributed by atoms with Gasteiger partial charge in [-0.1, -0.05) is 80.1 Å². The number of amides is 3. The van der Waals surface area contributed by atoms with Crippen LogP contribution in [0.25, 0.3) is 11.1 Å². The summed E-state index contributed by atoms with van der Waals surface area (Å²) in [4.78, 5) is 42.8. The highest BCUT2D eigenvalue weighted by Crippen LogP contribution is 2.30. The van der Waals surface area contributed by atoms with Crippen LogP contribution in [-0.2, 0) is 27.3 Å². The molecule has 0 spiro atoms. The van der Waals surface area contributed by atoms with Crippen LogP contribution in [0.2, 0.25) is 0 Å². The van der Waals surface area contributed by atoms with E-state index < -0.39 is 0 Å². The molecule has 5 N–H and O–H groups in total. The van der Waals surface area contributed by atoms with Crippen LogP contribution in [0.4, 0.5) is 17.1 Å². The summed E-state index contributed by atoms with van der Waals surface area (Å²) in [7, 11) is 2.07. The Hall–Kier alpha value is -5.19. The maximum absolute atomic E-state index is 13.7. The summed E-state index contributed by atoms with van der Waals surface area (Å²) in [6.45, 7) is 5.60. The van der Waals surface area contributed by atoms with E-state index in [1.807, 2.05) is 55.5 Å². The molecule has 280 valence electrons. The molecule has 0 fully saturated rings. The molecule has 1 aliphatic rings. The standard InChI is InChI=1S/C43H53N5O5/c1-30-26-48(31(2)29-49)43(52)25-35-24-36(45-41(50)16-8-5-9-17-42(51)46-38-15-11-10-14-37(38)44)22-23-39(35)53-40(30)28-47(3)27-32-18-20-34(21-19-32)33-12-6-4-7-13-33/h4,6-7,10-15,18-24,30-31,40,49H,5,8-9,16-17,25-29,44H2,1-3H3,(H,45,50)(H,46,51)/t30-,31-,40-/m1/s1. The number of aliphatic hydroxyl groups is 1. The first kappa shape index (κ1) is 39.0. The van der Waals surface area contributed by atoms with Crippen molar-refractivity contribution in [3.8, 4) is 16.9 Å². The number of benzene rings is 4. The molecule has 3 amide bonds. The molecule has 10 heteroatoms. The second-order valence-corrected chi connectivity index (χ2v) is 14.2. The van der Waals surface area contributed by atoms with Crippen LogP contribution in [0.3, 0.4) is 0 Å². The molecule has 10 nitrogen and oxygen atoms in total. The third-order valence-electron chi connectivity index (χ3n) is 9.75. The summed E-state index contributed by atoms with van der Waals surface area (Å²) < 4.78 is 6.70. The van der Waals surface area contributed by atoms with Crippen LogP contribution in [0.5, 0.6) is 5.75 Å². The topological polar surface area (TPSA) is 137 Å². The van der Waals surface area contributed by atoms with Crippen molar-refractivity contribution in [3.05, 3.63) is 108 Å². The Balaban J connectivity index is 1.19. The normalized spacial score (nSPS) is 16.5. The highest BCUT2D eigenvalue weighted by atomic mass is 16.5. The lowest BCUT2D eigenvalue weighted by atomic mass is 10.0. The number of ether oxygens (including phenoxy) is 1. The lowest BCUT2D eigenvalue weighted by Crippen LogP contribution is -2.47. The molecule has 0 saturated carbocycles. The van der Waals surface area contributed by atoms with Crippen molar-refractivity contribution in [2.45, 2.75) is 71.1 Å². The number of hydrogen-bond donors (Lipinski definition) is 4. The number of nitrogens with one attached hydrogen (secondary N) is 2. The molecule has 1 heterocycles. The van der Waals surface area contributed by atoms with E-state index >= 15 is 0 Å². The van der Waals surface area contributed by atoms with Gasteiger partial charge in [0.2, 0.25) is 17.7 Å². The fourth-order valence-corrected chi connectivity index (χ4v) is 6.64. The van der Waals surface area contributed by atoms with Gasteiger partial charge in [-0.15, -0.1) is 0 Å². The average Bonchev–Trinajstić information content (AvgIpc) is 3.19. The fraction of sp³-hybridized carbons (Fsp3) is 0.372. The predicted molar refractivity (Wildman–Crippen MR) is 211 cm³/mol. The van der Waals surface area contributed by atoms with Gasteiger partial charge in [-0.2, -0.15) is 0 Å². The summed E-state index contributed by atoms with van der Waals surface area (Å²) in [5, 5.41) is 15.8. The van der Waals surface area contributed by atoms with Crippen LogP contribution in [0.1, 0.15) is 57.1 Å². The van der Waals surface area contributed by atoms with Gasteiger partial charge in [0.15, 0.2) is 0 Å². The van der Waals surface area contributed by atoms with Gasteiger partial charge in [-0.05, 0) is 73.8 Å². The number of para-hydroxylation sites is 2. The average molecular weight is 720 g/mol. The molecule has 0 saturated heterocycles. The number of fused-ring (bicyclic) bond motifs is 1. The zero-order valence-corrected chi connectivity index (χ0v) is 31.1. The minimum atomic E-state index is -0.349. The van der Waals surface area contributed by atoms with Crippen LogP contribution in [-0.4, -0.2) is 71.5 Å². The summed E-state index contributed by atoms with van der Waals surface area (Å²) in [5.74, 6) is 0.247. The largest absolute Gasteiger partial charge is 0.488 e. The Kier molecular flexibility index (Phi) is 14.0. The smallest absolute Gasteiger partial charge is 0.227 e. The molecule has 0 unspecified atom stereocenters. The number of unbranched alkanes of at least 4 members (excludes halogenated alkanes) is 2. The third kappa shape index (κ3) is 11.4. The highest BCUT2D eigenvalue weighted by molar-refractivity contribution is 5.94. The number of anilines is 3. The number of likely N-dealkylation sites (N-methyl/N-ethyl adjacent to an activating group) is 1. The summed E-state index contributed by atoms with van der Waals surface area (Å²) >= 11 is 0. The van der Waals surface area contributed by atoms with Crippen LogP contribution in [0.15, 0.2) is 97.1 Å². The number of nitrogen functional groups attached to an aromatic ring is 1. The molecule has 1 aliphatic heterocycles. The van der Waals surface area contributed by atoms with Gasteiger partial charge < -0.3 is 31.1 Å². The Bertz CT molecular complexity index is 1820. The van der Waals surface area contributed by atoms with E-state index in [4.69, 9.17) is 10.5 Å². The lowest BCUT2D eigenvalue weighted by Gasteiger charge is -2.34. The number of aliphatic hydroxyl groups excluding tert-OH is 1. The van der Waals surface area contributed by atoms with Gasteiger partial charge in [0.05, 0.1) is 30.4 Å².